The lowest BCUT2D eigenvalue weighted by atomic mass is 9.96. The first kappa shape index (κ1) is 19.1. The molecule has 1 atom stereocenters. The van der Waals surface area contributed by atoms with Gasteiger partial charge in [-0.25, -0.2) is 0 Å². The van der Waals surface area contributed by atoms with Crippen LogP contribution in [0.25, 0.3) is 0 Å². The molecule has 6 nitrogen and oxygen atoms in total. The third kappa shape index (κ3) is 5.37. The van der Waals surface area contributed by atoms with Crippen LogP contribution in [0.15, 0.2) is 18.2 Å². The van der Waals surface area contributed by atoms with Crippen molar-refractivity contribution in [2.75, 3.05) is 13.3 Å². The SMILES string of the molecule is CC(Cc1ccc2c(c1)OCO2)CN(C(=O)CCC(=O)O)C(C)(C)C. The maximum atomic E-state index is 12.5. The van der Waals surface area contributed by atoms with Crippen molar-refractivity contribution in [2.24, 2.45) is 5.92 Å². The molecule has 1 aliphatic rings. The maximum absolute atomic E-state index is 12.5. The normalized spacial score (nSPS) is 14.2. The molecule has 25 heavy (non-hydrogen) atoms. The van der Waals surface area contributed by atoms with Gasteiger partial charge in [0.1, 0.15) is 0 Å². The molecule has 1 N–H and O–H groups in total. The smallest absolute Gasteiger partial charge is 0.303 e. The average Bonchev–Trinajstić information content (AvgIpc) is 2.96. The van der Waals surface area contributed by atoms with Crippen LogP contribution < -0.4 is 9.47 Å². The number of carboxylic acid groups (broad SMARTS) is 1. The lowest BCUT2D eigenvalue weighted by Gasteiger charge is -2.37. The molecule has 1 aromatic carbocycles. The number of carboxylic acids is 1. The monoisotopic (exact) mass is 349 g/mol. The molecule has 1 aromatic rings. The standard InChI is InChI=1S/C19H27NO5/c1-13(9-14-5-6-15-16(10-14)25-12-24-15)11-20(19(2,3)4)17(21)7-8-18(22)23/h5-6,10,13H,7-9,11-12H2,1-4H3,(H,22,23). The lowest BCUT2D eigenvalue weighted by molar-refractivity contribution is -0.143. The number of carbonyl (C=O) groups is 2. The number of benzene rings is 1. The number of fused-ring (bicyclic) bond motifs is 1. The van der Waals surface area contributed by atoms with Crippen molar-refractivity contribution in [1.29, 1.82) is 0 Å². The van der Waals surface area contributed by atoms with Crippen LogP contribution in [0.1, 0.15) is 46.1 Å². The predicted octanol–water partition coefficient (Wildman–Crippen LogP) is 3.09. The van der Waals surface area contributed by atoms with E-state index in [1.54, 1.807) is 4.90 Å². The van der Waals surface area contributed by atoms with E-state index >= 15 is 0 Å². The Balaban J connectivity index is 2.00. The third-order valence-electron chi connectivity index (χ3n) is 4.18. The van der Waals surface area contributed by atoms with Crippen molar-refractivity contribution in [3.63, 3.8) is 0 Å². The molecule has 0 saturated heterocycles. The minimum absolute atomic E-state index is 0.0311. The summed E-state index contributed by atoms with van der Waals surface area (Å²) in [7, 11) is 0. The summed E-state index contributed by atoms with van der Waals surface area (Å²) in [6, 6.07) is 5.90. The molecule has 0 saturated carbocycles. The molecule has 1 unspecified atom stereocenters. The molecule has 1 aliphatic heterocycles. The molecule has 138 valence electrons. The van der Waals surface area contributed by atoms with Crippen molar-refractivity contribution in [3.8, 4) is 11.5 Å². The summed E-state index contributed by atoms with van der Waals surface area (Å²) in [5.41, 5.74) is 0.780. The fourth-order valence-electron chi connectivity index (χ4n) is 2.95. The van der Waals surface area contributed by atoms with Gasteiger partial charge in [0, 0.05) is 18.5 Å². The Labute approximate surface area is 148 Å². The highest BCUT2D eigenvalue weighted by molar-refractivity contribution is 5.81. The van der Waals surface area contributed by atoms with E-state index in [0.717, 1.165) is 23.5 Å². The van der Waals surface area contributed by atoms with E-state index in [9.17, 15) is 9.59 Å². The zero-order chi connectivity index (χ0) is 18.6. The van der Waals surface area contributed by atoms with Gasteiger partial charge in [0.2, 0.25) is 12.7 Å². The Hall–Kier alpha value is -2.24. The van der Waals surface area contributed by atoms with E-state index in [2.05, 4.69) is 6.92 Å². The molecule has 2 rings (SSSR count). The number of hydrogen-bond donors (Lipinski definition) is 1. The van der Waals surface area contributed by atoms with Crippen LogP contribution in [0.2, 0.25) is 0 Å². The Morgan fingerprint density at radius 3 is 2.52 bits per heavy atom. The summed E-state index contributed by atoms with van der Waals surface area (Å²) in [6.07, 6.45) is 0.695. The highest BCUT2D eigenvalue weighted by Gasteiger charge is 2.28. The van der Waals surface area contributed by atoms with Gasteiger partial charge in [-0.05, 0) is 50.8 Å². The highest BCUT2D eigenvalue weighted by atomic mass is 16.7. The molecule has 0 aromatic heterocycles. The molecule has 1 amide bonds. The maximum Gasteiger partial charge on any atom is 0.303 e. The summed E-state index contributed by atoms with van der Waals surface area (Å²) in [4.78, 5) is 25.0. The van der Waals surface area contributed by atoms with Crippen molar-refractivity contribution < 1.29 is 24.2 Å². The first-order valence-corrected chi connectivity index (χ1v) is 8.57. The van der Waals surface area contributed by atoms with E-state index < -0.39 is 5.97 Å². The molecule has 0 bridgehead atoms. The molecule has 0 aliphatic carbocycles. The average molecular weight is 349 g/mol. The number of hydrogen-bond acceptors (Lipinski definition) is 4. The summed E-state index contributed by atoms with van der Waals surface area (Å²) in [5.74, 6) is 0.683. The number of nitrogens with zero attached hydrogens (tertiary/aromatic N) is 1. The number of aliphatic carboxylic acids is 1. The van der Waals surface area contributed by atoms with Gasteiger partial charge in [0.05, 0.1) is 6.42 Å². The molecule has 1 heterocycles. The Kier molecular flexibility index (Phi) is 5.93. The number of rotatable bonds is 7. The van der Waals surface area contributed by atoms with Crippen LogP contribution in [0, 0.1) is 5.92 Å². The van der Waals surface area contributed by atoms with Crippen LogP contribution in [0.4, 0.5) is 0 Å². The fraction of sp³-hybridized carbons (Fsp3) is 0.579. The molecule has 0 radical (unpaired) electrons. The second kappa shape index (κ2) is 7.76. The molecule has 0 spiro atoms. The van der Waals surface area contributed by atoms with Crippen LogP contribution in [-0.2, 0) is 16.0 Å². The highest BCUT2D eigenvalue weighted by Crippen LogP contribution is 2.33. The summed E-state index contributed by atoms with van der Waals surface area (Å²) < 4.78 is 10.7. The summed E-state index contributed by atoms with van der Waals surface area (Å²) in [6.45, 7) is 8.84. The van der Waals surface area contributed by atoms with Crippen molar-refractivity contribution in [3.05, 3.63) is 23.8 Å². The van der Waals surface area contributed by atoms with Crippen molar-refractivity contribution >= 4 is 11.9 Å². The summed E-state index contributed by atoms with van der Waals surface area (Å²) in [5, 5.41) is 8.81. The predicted molar refractivity (Wildman–Crippen MR) is 93.8 cm³/mol. The van der Waals surface area contributed by atoms with E-state index in [1.165, 1.54) is 0 Å². The number of ether oxygens (including phenoxy) is 2. The van der Waals surface area contributed by atoms with Gasteiger partial charge in [0.25, 0.3) is 0 Å². The first-order chi connectivity index (χ1) is 11.7. The van der Waals surface area contributed by atoms with E-state index in [4.69, 9.17) is 14.6 Å². The topological polar surface area (TPSA) is 76.1 Å². The van der Waals surface area contributed by atoms with Crippen LogP contribution in [0.5, 0.6) is 11.5 Å². The van der Waals surface area contributed by atoms with Gasteiger partial charge in [-0.15, -0.1) is 0 Å². The third-order valence-corrected chi connectivity index (χ3v) is 4.18. The fourth-order valence-corrected chi connectivity index (χ4v) is 2.95. The van der Waals surface area contributed by atoms with Crippen molar-refractivity contribution in [1.82, 2.24) is 4.90 Å². The van der Waals surface area contributed by atoms with E-state index in [0.29, 0.717) is 6.54 Å². The van der Waals surface area contributed by atoms with E-state index in [1.807, 2.05) is 39.0 Å². The summed E-state index contributed by atoms with van der Waals surface area (Å²) >= 11 is 0. The second-order valence-electron chi connectivity index (χ2n) is 7.57. The zero-order valence-electron chi connectivity index (χ0n) is 15.4. The minimum atomic E-state index is -0.949. The number of carbonyl (C=O) groups excluding carboxylic acids is 1. The zero-order valence-corrected chi connectivity index (χ0v) is 15.4. The molecule has 6 heteroatoms. The lowest BCUT2D eigenvalue weighted by Crippen LogP contribution is -2.48. The van der Waals surface area contributed by atoms with Gasteiger partial charge in [-0.1, -0.05) is 13.0 Å². The van der Waals surface area contributed by atoms with Crippen LogP contribution >= 0.6 is 0 Å². The van der Waals surface area contributed by atoms with Gasteiger partial charge in [-0.3, -0.25) is 9.59 Å². The molecular weight excluding hydrogens is 322 g/mol. The molecular formula is C19H27NO5. The van der Waals surface area contributed by atoms with Crippen molar-refractivity contribution in [2.45, 2.75) is 52.5 Å². The van der Waals surface area contributed by atoms with E-state index in [-0.39, 0.29) is 37.0 Å². The second-order valence-corrected chi connectivity index (χ2v) is 7.57. The largest absolute Gasteiger partial charge is 0.481 e. The van der Waals surface area contributed by atoms with Gasteiger partial charge in [-0.2, -0.15) is 0 Å². The van der Waals surface area contributed by atoms with Gasteiger partial charge < -0.3 is 19.5 Å². The first-order valence-electron chi connectivity index (χ1n) is 8.57. The minimum Gasteiger partial charge on any atom is -0.481 e. The Bertz CT molecular complexity index is 635. The van der Waals surface area contributed by atoms with Gasteiger partial charge in [0.15, 0.2) is 11.5 Å². The van der Waals surface area contributed by atoms with Gasteiger partial charge >= 0.3 is 5.97 Å². The number of amides is 1. The Morgan fingerprint density at radius 2 is 1.88 bits per heavy atom. The van der Waals surface area contributed by atoms with Crippen LogP contribution in [0.3, 0.4) is 0 Å². The molecule has 0 fully saturated rings. The van der Waals surface area contributed by atoms with Crippen LogP contribution in [-0.4, -0.2) is 40.8 Å². The Morgan fingerprint density at radius 1 is 1.20 bits per heavy atom. The quantitative estimate of drug-likeness (QED) is 0.819.